The molecule has 1 unspecified atom stereocenters. The molecule has 0 aromatic carbocycles. The Balaban J connectivity index is 3.17. The maximum absolute atomic E-state index is 11.5. The van der Waals surface area contributed by atoms with Gasteiger partial charge in [0.2, 0.25) is 5.91 Å². The lowest BCUT2D eigenvalue weighted by atomic mass is 10.1. The van der Waals surface area contributed by atoms with Crippen LogP contribution in [0.4, 0.5) is 0 Å². The molecule has 165 valence electrons. The molecule has 0 aromatic heterocycles. The minimum Gasteiger partial charge on any atom is -0.328 e. The second-order valence-electron chi connectivity index (χ2n) is 8.21. The summed E-state index contributed by atoms with van der Waals surface area (Å²) in [4.78, 5) is 11.5. The first-order valence-electron chi connectivity index (χ1n) is 12.3. The smallest absolute Gasteiger partial charge is 0.222 e. The number of carbonyl (C=O) groups is 1. The van der Waals surface area contributed by atoms with Gasteiger partial charge in [-0.15, -0.1) is 0 Å². The van der Waals surface area contributed by atoms with Crippen molar-refractivity contribution in [2.75, 3.05) is 0 Å². The van der Waals surface area contributed by atoms with E-state index in [1.54, 1.807) is 6.92 Å². The van der Waals surface area contributed by atoms with Crippen LogP contribution >= 0.6 is 0 Å². The summed E-state index contributed by atoms with van der Waals surface area (Å²) in [5.74, 6) is -0.0807. The van der Waals surface area contributed by atoms with E-state index in [0.29, 0.717) is 12.8 Å². The van der Waals surface area contributed by atoms with Gasteiger partial charge in [-0.25, -0.2) is 5.11 Å². The van der Waals surface area contributed by atoms with Crippen LogP contribution in [0.1, 0.15) is 136 Å². The van der Waals surface area contributed by atoms with Crippen LogP contribution in [0.25, 0.3) is 0 Å². The first-order valence-corrected chi connectivity index (χ1v) is 12.3. The summed E-state index contributed by atoms with van der Waals surface area (Å²) in [6.45, 7) is 4.07. The van der Waals surface area contributed by atoms with Gasteiger partial charge in [0.05, 0.1) is 0 Å². The van der Waals surface area contributed by atoms with Gasteiger partial charge in [0.1, 0.15) is 0 Å². The quantitative estimate of drug-likeness (QED) is 0.120. The molecule has 0 heterocycles. The maximum atomic E-state index is 11.5. The van der Waals surface area contributed by atoms with E-state index in [2.05, 4.69) is 24.4 Å². The third-order valence-corrected chi connectivity index (χ3v) is 5.36. The Morgan fingerprint density at radius 1 is 0.679 bits per heavy atom. The van der Waals surface area contributed by atoms with Gasteiger partial charge in [0.15, 0.2) is 6.23 Å². The molecule has 0 saturated heterocycles. The monoisotopic (exact) mass is 394 g/mol. The van der Waals surface area contributed by atoms with Gasteiger partial charge in [-0.3, -0.25) is 4.79 Å². The lowest BCUT2D eigenvalue weighted by Gasteiger charge is -2.08. The Bertz CT molecular complexity index is 354. The third-order valence-electron chi connectivity index (χ3n) is 5.36. The highest BCUT2D eigenvalue weighted by molar-refractivity contribution is 5.75. The number of carbonyl (C=O) groups excluding carboxylic acids is 1. The highest BCUT2D eigenvalue weighted by Gasteiger charge is 2.07. The number of nitrogens with one attached hydrogen (secondary N) is 1. The Morgan fingerprint density at radius 2 is 1.11 bits per heavy atom. The zero-order chi connectivity index (χ0) is 20.7. The number of rotatable bonds is 21. The summed E-state index contributed by atoms with van der Waals surface area (Å²) in [5.41, 5.74) is 0. The van der Waals surface area contributed by atoms with Gasteiger partial charge in [0, 0.05) is 6.42 Å². The number of hydrogen-bond acceptors (Lipinski definition) is 1. The third kappa shape index (κ3) is 21.5. The molecular formula is C25H48NO2. The van der Waals surface area contributed by atoms with Crippen molar-refractivity contribution in [3.05, 3.63) is 12.2 Å². The zero-order valence-corrected chi connectivity index (χ0v) is 19.0. The number of unbranched alkanes of at least 4 members (excludes halogenated alkanes) is 15. The van der Waals surface area contributed by atoms with E-state index in [4.69, 9.17) is 0 Å². The summed E-state index contributed by atoms with van der Waals surface area (Å²) in [7, 11) is 0. The SMILES string of the molecule is CCCCCCCC/C=C\CCCCCCCCCCCC(=O)NC([O])CC. The fourth-order valence-corrected chi connectivity index (χ4v) is 3.42. The molecule has 0 aromatic rings. The van der Waals surface area contributed by atoms with Gasteiger partial charge in [-0.05, 0) is 38.5 Å². The van der Waals surface area contributed by atoms with Crippen molar-refractivity contribution >= 4 is 5.91 Å². The largest absolute Gasteiger partial charge is 0.328 e. The normalized spacial score (nSPS) is 12.5. The van der Waals surface area contributed by atoms with Crippen LogP contribution in [0.15, 0.2) is 12.2 Å². The van der Waals surface area contributed by atoms with E-state index in [-0.39, 0.29) is 5.91 Å². The molecule has 1 atom stereocenters. The van der Waals surface area contributed by atoms with Gasteiger partial charge < -0.3 is 5.32 Å². The lowest BCUT2D eigenvalue weighted by molar-refractivity contribution is -0.125. The van der Waals surface area contributed by atoms with E-state index < -0.39 is 6.23 Å². The van der Waals surface area contributed by atoms with E-state index >= 15 is 0 Å². The van der Waals surface area contributed by atoms with E-state index in [1.807, 2.05) is 0 Å². The van der Waals surface area contributed by atoms with Crippen LogP contribution in [0, 0.1) is 0 Å². The zero-order valence-electron chi connectivity index (χ0n) is 19.0. The van der Waals surface area contributed by atoms with Crippen LogP contribution in [-0.4, -0.2) is 12.1 Å². The molecule has 0 saturated carbocycles. The molecule has 0 aliphatic carbocycles. The van der Waals surface area contributed by atoms with E-state index in [0.717, 1.165) is 12.8 Å². The lowest BCUT2D eigenvalue weighted by Crippen LogP contribution is -2.32. The van der Waals surface area contributed by atoms with Gasteiger partial charge in [-0.1, -0.05) is 103 Å². The van der Waals surface area contributed by atoms with E-state index in [1.165, 1.54) is 96.3 Å². The summed E-state index contributed by atoms with van der Waals surface area (Å²) in [6, 6.07) is 0. The predicted molar refractivity (Wildman–Crippen MR) is 121 cm³/mol. The van der Waals surface area contributed by atoms with Crippen molar-refractivity contribution in [1.29, 1.82) is 0 Å². The molecule has 0 fully saturated rings. The van der Waals surface area contributed by atoms with Crippen molar-refractivity contribution in [3.8, 4) is 0 Å². The van der Waals surface area contributed by atoms with Gasteiger partial charge in [0.25, 0.3) is 0 Å². The molecule has 1 amide bonds. The molecule has 1 N–H and O–H groups in total. The molecule has 1 radical (unpaired) electrons. The van der Waals surface area contributed by atoms with Crippen molar-refractivity contribution in [2.24, 2.45) is 0 Å². The van der Waals surface area contributed by atoms with Crippen LogP contribution in [-0.2, 0) is 9.90 Å². The van der Waals surface area contributed by atoms with Crippen LogP contribution in [0.2, 0.25) is 0 Å². The summed E-state index contributed by atoms with van der Waals surface area (Å²) < 4.78 is 0. The standard InChI is InChI=1S/C25H48NO2/c1-3-5-6-7-8-9-10-11-12-13-14-15-16-17-18-19-20-21-22-23-25(28)26-24(27)4-2/h11-12,24H,3-10,13-23H2,1-2H3,(H,26,28)/b12-11-. The van der Waals surface area contributed by atoms with Crippen molar-refractivity contribution in [2.45, 2.75) is 142 Å². The highest BCUT2D eigenvalue weighted by Crippen LogP contribution is 2.12. The molecule has 3 heteroatoms. The summed E-state index contributed by atoms with van der Waals surface area (Å²) in [6.07, 6.45) is 26.9. The van der Waals surface area contributed by atoms with Crippen molar-refractivity contribution in [1.82, 2.24) is 5.32 Å². The molecule has 0 rings (SSSR count). The minimum atomic E-state index is -0.927. The number of hydrogen-bond donors (Lipinski definition) is 1. The molecular weight excluding hydrogens is 346 g/mol. The molecule has 3 nitrogen and oxygen atoms in total. The predicted octanol–water partition coefficient (Wildman–Crippen LogP) is 7.87. The molecule has 0 aliphatic rings. The minimum absolute atomic E-state index is 0.0807. The molecule has 0 aliphatic heterocycles. The Kier molecular flexibility index (Phi) is 21.8. The van der Waals surface area contributed by atoms with Crippen LogP contribution in [0.5, 0.6) is 0 Å². The van der Waals surface area contributed by atoms with E-state index in [9.17, 15) is 9.90 Å². The first-order chi connectivity index (χ1) is 13.7. The Labute approximate surface area is 175 Å². The number of allylic oxidation sites excluding steroid dienone is 2. The second kappa shape index (κ2) is 22.5. The molecule has 0 bridgehead atoms. The molecule has 28 heavy (non-hydrogen) atoms. The fraction of sp³-hybridized carbons (Fsp3) is 0.880. The average Bonchev–Trinajstić information content (AvgIpc) is 2.69. The Morgan fingerprint density at radius 3 is 1.57 bits per heavy atom. The van der Waals surface area contributed by atoms with Crippen molar-refractivity contribution < 1.29 is 9.90 Å². The Hall–Kier alpha value is -0.830. The first kappa shape index (κ1) is 27.2. The average molecular weight is 395 g/mol. The van der Waals surface area contributed by atoms with Crippen molar-refractivity contribution in [3.63, 3.8) is 0 Å². The topological polar surface area (TPSA) is 49.0 Å². The number of amides is 1. The fourth-order valence-electron chi connectivity index (χ4n) is 3.42. The second-order valence-corrected chi connectivity index (χ2v) is 8.21. The van der Waals surface area contributed by atoms with Crippen LogP contribution < -0.4 is 5.32 Å². The van der Waals surface area contributed by atoms with Crippen LogP contribution in [0.3, 0.4) is 0 Å². The molecule has 0 spiro atoms. The van der Waals surface area contributed by atoms with Gasteiger partial charge in [-0.2, -0.15) is 0 Å². The summed E-state index contributed by atoms with van der Waals surface area (Å²) >= 11 is 0. The maximum Gasteiger partial charge on any atom is 0.222 e. The highest BCUT2D eigenvalue weighted by atomic mass is 16.3. The summed E-state index contributed by atoms with van der Waals surface area (Å²) in [5, 5.41) is 13.7. The van der Waals surface area contributed by atoms with Gasteiger partial charge >= 0.3 is 0 Å².